The van der Waals surface area contributed by atoms with E-state index in [-0.39, 0.29) is 0 Å². The monoisotopic (exact) mass is 246 g/mol. The minimum atomic E-state index is 0.866. The van der Waals surface area contributed by atoms with E-state index in [1.807, 2.05) is 0 Å². The van der Waals surface area contributed by atoms with E-state index in [1.54, 1.807) is 0 Å². The lowest BCUT2D eigenvalue weighted by Gasteiger charge is -2.04. The van der Waals surface area contributed by atoms with Crippen LogP contribution in [0.4, 0.5) is 0 Å². The van der Waals surface area contributed by atoms with Crippen LogP contribution in [0.1, 0.15) is 31.2 Å². The van der Waals surface area contributed by atoms with E-state index in [4.69, 9.17) is 12.2 Å². The molecule has 0 amide bonds. The summed E-state index contributed by atoms with van der Waals surface area (Å²) in [6.45, 7) is 3.18. The van der Waals surface area contributed by atoms with Crippen molar-refractivity contribution in [1.29, 1.82) is 0 Å². The summed E-state index contributed by atoms with van der Waals surface area (Å²) < 4.78 is 3.12. The van der Waals surface area contributed by atoms with Crippen molar-refractivity contribution in [2.45, 2.75) is 39.2 Å². The van der Waals surface area contributed by atoms with Gasteiger partial charge >= 0.3 is 0 Å². The summed E-state index contributed by atoms with van der Waals surface area (Å²) in [4.78, 5) is 3.33. The topological polar surface area (TPSA) is 20.7 Å². The lowest BCUT2D eigenvalue weighted by atomic mass is 10.2. The zero-order chi connectivity index (χ0) is 11.8. The van der Waals surface area contributed by atoms with Crippen LogP contribution in [0.3, 0.4) is 0 Å². The van der Waals surface area contributed by atoms with E-state index in [9.17, 15) is 0 Å². The molecule has 0 atom stereocenters. The molecule has 1 aromatic heterocycles. The van der Waals surface area contributed by atoms with Crippen LogP contribution in [-0.2, 0) is 6.54 Å². The van der Waals surface area contributed by atoms with E-state index >= 15 is 0 Å². The third-order valence-electron chi connectivity index (χ3n) is 3.71. The van der Waals surface area contributed by atoms with Gasteiger partial charge in [0.05, 0.1) is 11.0 Å². The molecule has 1 saturated carbocycles. The first-order valence-electron chi connectivity index (χ1n) is 6.44. The first kappa shape index (κ1) is 11.0. The summed E-state index contributed by atoms with van der Waals surface area (Å²) in [6.07, 6.45) is 5.50. The number of H-pyrrole nitrogens is 1. The molecule has 2 nitrogen and oxygen atoms in total. The number of rotatable bonds is 4. The van der Waals surface area contributed by atoms with Crippen LogP contribution in [0, 0.1) is 17.6 Å². The van der Waals surface area contributed by atoms with Crippen molar-refractivity contribution in [3.05, 3.63) is 28.5 Å². The number of hydrogen-bond donors (Lipinski definition) is 1. The third kappa shape index (κ3) is 2.16. The maximum Gasteiger partial charge on any atom is 0.178 e. The molecule has 3 rings (SSSR count). The normalized spacial score (nSPS) is 15.6. The van der Waals surface area contributed by atoms with Gasteiger partial charge in [0, 0.05) is 6.54 Å². The average Bonchev–Trinajstić information content (AvgIpc) is 3.06. The number of imidazole rings is 1. The third-order valence-corrected chi connectivity index (χ3v) is 4.03. The van der Waals surface area contributed by atoms with Crippen LogP contribution in [0.2, 0.25) is 0 Å². The summed E-state index contributed by atoms with van der Waals surface area (Å²) in [7, 11) is 0. The Morgan fingerprint density at radius 2 is 2.24 bits per heavy atom. The van der Waals surface area contributed by atoms with E-state index in [2.05, 4.69) is 34.7 Å². The molecule has 1 aromatic carbocycles. The Kier molecular flexibility index (Phi) is 2.79. The Bertz CT molecular complexity index is 590. The number of nitrogens with zero attached hydrogens (tertiary/aromatic N) is 1. The maximum absolute atomic E-state index is 5.41. The maximum atomic E-state index is 5.41. The fourth-order valence-electron chi connectivity index (χ4n) is 2.49. The predicted octanol–water partition coefficient (Wildman–Crippen LogP) is 4.20. The van der Waals surface area contributed by atoms with Crippen LogP contribution >= 0.6 is 12.2 Å². The number of benzene rings is 1. The quantitative estimate of drug-likeness (QED) is 0.802. The molecule has 0 spiro atoms. The number of aryl methyl sites for hydroxylation is 2. The fourth-order valence-corrected chi connectivity index (χ4v) is 2.78. The summed E-state index contributed by atoms with van der Waals surface area (Å²) >= 11 is 5.41. The molecule has 1 aliphatic rings. The molecule has 1 heterocycles. The van der Waals surface area contributed by atoms with Gasteiger partial charge in [0.1, 0.15) is 0 Å². The Morgan fingerprint density at radius 1 is 1.41 bits per heavy atom. The largest absolute Gasteiger partial charge is 0.330 e. The van der Waals surface area contributed by atoms with Gasteiger partial charge in [-0.15, -0.1) is 0 Å². The second kappa shape index (κ2) is 4.30. The number of aromatic nitrogens is 2. The van der Waals surface area contributed by atoms with Gasteiger partial charge in [-0.05, 0) is 49.5 Å². The highest BCUT2D eigenvalue weighted by molar-refractivity contribution is 7.71. The zero-order valence-corrected chi connectivity index (χ0v) is 11.0. The van der Waals surface area contributed by atoms with Crippen molar-refractivity contribution in [2.75, 3.05) is 0 Å². The lowest BCUT2D eigenvalue weighted by molar-refractivity contribution is 0.582. The van der Waals surface area contributed by atoms with Gasteiger partial charge in [-0.3, -0.25) is 0 Å². The minimum Gasteiger partial charge on any atom is -0.330 e. The second-order valence-electron chi connectivity index (χ2n) is 5.14. The zero-order valence-electron chi connectivity index (χ0n) is 10.2. The summed E-state index contributed by atoms with van der Waals surface area (Å²) in [6, 6.07) is 6.39. The molecule has 0 unspecified atom stereocenters. The van der Waals surface area contributed by atoms with E-state index in [0.717, 1.165) is 17.2 Å². The van der Waals surface area contributed by atoms with Gasteiger partial charge in [-0.1, -0.05) is 25.0 Å². The second-order valence-corrected chi connectivity index (χ2v) is 5.52. The van der Waals surface area contributed by atoms with Crippen molar-refractivity contribution < 1.29 is 0 Å². The van der Waals surface area contributed by atoms with Crippen molar-refractivity contribution >= 4 is 23.3 Å². The molecule has 0 radical (unpaired) electrons. The van der Waals surface area contributed by atoms with Gasteiger partial charge in [0.2, 0.25) is 0 Å². The molecule has 0 bridgehead atoms. The Labute approximate surface area is 107 Å². The van der Waals surface area contributed by atoms with Crippen LogP contribution in [0.15, 0.2) is 18.2 Å². The molecule has 3 heteroatoms. The van der Waals surface area contributed by atoms with Crippen LogP contribution in [0.5, 0.6) is 0 Å². The number of aromatic amines is 1. The predicted molar refractivity (Wildman–Crippen MR) is 73.8 cm³/mol. The first-order chi connectivity index (χ1) is 8.25. The molecular weight excluding hydrogens is 228 g/mol. The van der Waals surface area contributed by atoms with Crippen molar-refractivity contribution in [3.8, 4) is 0 Å². The fraction of sp³-hybridized carbons (Fsp3) is 0.500. The van der Waals surface area contributed by atoms with Crippen molar-refractivity contribution in [3.63, 3.8) is 0 Å². The highest BCUT2D eigenvalue weighted by Crippen LogP contribution is 2.33. The van der Waals surface area contributed by atoms with Crippen molar-refractivity contribution in [2.24, 2.45) is 5.92 Å². The van der Waals surface area contributed by atoms with Gasteiger partial charge in [0.15, 0.2) is 4.77 Å². The molecular formula is C14H18N2S. The lowest BCUT2D eigenvalue weighted by Crippen LogP contribution is -1.98. The summed E-state index contributed by atoms with van der Waals surface area (Å²) in [5.41, 5.74) is 3.73. The molecule has 90 valence electrons. The van der Waals surface area contributed by atoms with Crippen LogP contribution in [0.25, 0.3) is 11.0 Å². The van der Waals surface area contributed by atoms with Crippen molar-refractivity contribution in [1.82, 2.24) is 9.55 Å². The van der Waals surface area contributed by atoms with Crippen LogP contribution in [-0.4, -0.2) is 9.55 Å². The highest BCUT2D eigenvalue weighted by atomic mass is 32.1. The number of hydrogen-bond acceptors (Lipinski definition) is 1. The van der Waals surface area contributed by atoms with Gasteiger partial charge in [-0.25, -0.2) is 0 Å². The molecule has 2 aromatic rings. The first-order valence-corrected chi connectivity index (χ1v) is 6.84. The molecule has 1 fully saturated rings. The number of para-hydroxylation sites is 1. The molecule has 0 saturated heterocycles. The Hall–Kier alpha value is -1.09. The average molecular weight is 246 g/mol. The number of fused-ring (bicyclic) bond motifs is 1. The highest BCUT2D eigenvalue weighted by Gasteiger charge is 2.20. The van der Waals surface area contributed by atoms with E-state index in [0.29, 0.717) is 0 Å². The van der Waals surface area contributed by atoms with Gasteiger partial charge < -0.3 is 9.55 Å². The molecule has 17 heavy (non-hydrogen) atoms. The van der Waals surface area contributed by atoms with Crippen LogP contribution < -0.4 is 0 Å². The summed E-state index contributed by atoms with van der Waals surface area (Å²) in [5.74, 6) is 1.01. The molecule has 1 aliphatic carbocycles. The smallest absolute Gasteiger partial charge is 0.178 e. The van der Waals surface area contributed by atoms with E-state index < -0.39 is 0 Å². The van der Waals surface area contributed by atoms with Gasteiger partial charge in [-0.2, -0.15) is 0 Å². The molecule has 0 aliphatic heterocycles. The van der Waals surface area contributed by atoms with Gasteiger partial charge in [0.25, 0.3) is 0 Å². The Balaban J connectivity index is 1.88. The number of nitrogens with one attached hydrogen (secondary N) is 1. The van der Waals surface area contributed by atoms with E-state index in [1.165, 1.54) is 42.3 Å². The Morgan fingerprint density at radius 3 is 3.00 bits per heavy atom. The standard InChI is InChI=1S/C14H18N2S/c1-10-4-2-6-12-13(10)15-14(17)16(12)9-3-5-11-7-8-11/h2,4,6,11H,3,5,7-9H2,1H3,(H,15,17). The minimum absolute atomic E-state index is 0.866. The molecule has 1 N–H and O–H groups in total. The SMILES string of the molecule is Cc1cccc2c1[nH]c(=S)n2CCCC1CC1. The summed E-state index contributed by atoms with van der Waals surface area (Å²) in [5, 5.41) is 0.